The third kappa shape index (κ3) is 3.94. The van der Waals surface area contributed by atoms with Crippen LogP contribution in [0.5, 0.6) is 0 Å². The highest BCUT2D eigenvalue weighted by Crippen LogP contribution is 2.30. The second kappa shape index (κ2) is 6.87. The zero-order valence-corrected chi connectivity index (χ0v) is 12.2. The molecular formula is C13H28N2S. The molecule has 1 fully saturated rings. The van der Waals surface area contributed by atoms with Gasteiger partial charge < -0.3 is 10.2 Å². The molecule has 3 heteroatoms. The summed E-state index contributed by atoms with van der Waals surface area (Å²) in [4.78, 5) is 2.56. The Hall–Kier alpha value is 0.270. The molecule has 1 N–H and O–H groups in total. The van der Waals surface area contributed by atoms with Crippen molar-refractivity contribution in [3.8, 4) is 0 Å². The first kappa shape index (κ1) is 14.3. The fraction of sp³-hybridized carbons (Fsp3) is 1.00. The molecule has 1 saturated heterocycles. The van der Waals surface area contributed by atoms with Crippen molar-refractivity contribution >= 4 is 11.8 Å². The molecule has 0 aromatic rings. The van der Waals surface area contributed by atoms with Crippen molar-refractivity contribution in [3.05, 3.63) is 0 Å². The molecule has 1 heterocycles. The molecule has 0 aliphatic carbocycles. The molecule has 2 atom stereocenters. The molecule has 0 spiro atoms. The van der Waals surface area contributed by atoms with Crippen LogP contribution in [0.3, 0.4) is 0 Å². The third-order valence-corrected chi connectivity index (χ3v) is 4.80. The Kier molecular flexibility index (Phi) is 6.16. The monoisotopic (exact) mass is 244 g/mol. The van der Waals surface area contributed by atoms with Gasteiger partial charge in [-0.05, 0) is 57.2 Å². The van der Waals surface area contributed by atoms with E-state index in [-0.39, 0.29) is 0 Å². The summed E-state index contributed by atoms with van der Waals surface area (Å²) < 4.78 is 0. The van der Waals surface area contributed by atoms with Gasteiger partial charge in [-0.1, -0.05) is 6.92 Å². The van der Waals surface area contributed by atoms with Crippen molar-refractivity contribution in [1.29, 1.82) is 0 Å². The Morgan fingerprint density at radius 2 is 2.25 bits per heavy atom. The number of rotatable bonds is 7. The number of thioether (sulfide) groups is 1. The number of hydrogen-bond acceptors (Lipinski definition) is 3. The van der Waals surface area contributed by atoms with Crippen LogP contribution < -0.4 is 5.32 Å². The van der Waals surface area contributed by atoms with Gasteiger partial charge in [0.25, 0.3) is 0 Å². The summed E-state index contributed by atoms with van der Waals surface area (Å²) in [5.41, 5.74) is 0.544. The molecular weight excluding hydrogens is 216 g/mol. The lowest BCUT2D eigenvalue weighted by atomic mass is 9.83. The van der Waals surface area contributed by atoms with E-state index in [4.69, 9.17) is 0 Å². The normalized spacial score (nSPS) is 27.6. The SMILES string of the molecule is CCC1(CN(C)C(C)CCSC)CCNC1. The Bertz CT molecular complexity index is 190. The van der Waals surface area contributed by atoms with E-state index in [1.807, 2.05) is 11.8 Å². The molecule has 1 aliphatic heterocycles. The van der Waals surface area contributed by atoms with E-state index < -0.39 is 0 Å². The van der Waals surface area contributed by atoms with Crippen LogP contribution in [0.2, 0.25) is 0 Å². The highest BCUT2D eigenvalue weighted by Gasteiger charge is 2.33. The minimum absolute atomic E-state index is 0.544. The second-order valence-electron chi connectivity index (χ2n) is 5.33. The summed E-state index contributed by atoms with van der Waals surface area (Å²) in [6.45, 7) is 8.38. The van der Waals surface area contributed by atoms with Crippen LogP contribution in [0, 0.1) is 5.41 Å². The zero-order valence-electron chi connectivity index (χ0n) is 11.4. The van der Waals surface area contributed by atoms with E-state index in [1.165, 1.54) is 44.6 Å². The molecule has 0 aromatic heterocycles. The summed E-state index contributed by atoms with van der Waals surface area (Å²) in [5.74, 6) is 1.28. The molecule has 2 unspecified atom stereocenters. The lowest BCUT2D eigenvalue weighted by molar-refractivity contribution is 0.148. The molecule has 0 radical (unpaired) electrons. The van der Waals surface area contributed by atoms with Gasteiger partial charge in [-0.2, -0.15) is 11.8 Å². The van der Waals surface area contributed by atoms with Crippen LogP contribution in [0.15, 0.2) is 0 Å². The van der Waals surface area contributed by atoms with E-state index in [2.05, 4.69) is 37.4 Å². The van der Waals surface area contributed by atoms with Gasteiger partial charge in [-0.25, -0.2) is 0 Å². The number of nitrogens with one attached hydrogen (secondary N) is 1. The molecule has 1 rings (SSSR count). The average Bonchev–Trinajstić information content (AvgIpc) is 2.75. The molecule has 16 heavy (non-hydrogen) atoms. The predicted molar refractivity (Wildman–Crippen MR) is 75.3 cm³/mol. The maximum absolute atomic E-state index is 3.52. The van der Waals surface area contributed by atoms with Gasteiger partial charge in [0.1, 0.15) is 0 Å². The number of hydrogen-bond donors (Lipinski definition) is 1. The van der Waals surface area contributed by atoms with Crippen LogP contribution in [0.25, 0.3) is 0 Å². The van der Waals surface area contributed by atoms with Crippen molar-refractivity contribution in [2.75, 3.05) is 38.7 Å². The van der Waals surface area contributed by atoms with E-state index >= 15 is 0 Å². The summed E-state index contributed by atoms with van der Waals surface area (Å²) in [5, 5.41) is 3.52. The van der Waals surface area contributed by atoms with Crippen LogP contribution in [0.4, 0.5) is 0 Å². The highest BCUT2D eigenvalue weighted by molar-refractivity contribution is 7.98. The Balaban J connectivity index is 2.38. The van der Waals surface area contributed by atoms with Gasteiger partial charge in [0, 0.05) is 19.1 Å². The van der Waals surface area contributed by atoms with Gasteiger partial charge in [0.05, 0.1) is 0 Å². The second-order valence-corrected chi connectivity index (χ2v) is 6.31. The molecule has 0 saturated carbocycles. The van der Waals surface area contributed by atoms with E-state index in [0.717, 1.165) is 6.04 Å². The van der Waals surface area contributed by atoms with E-state index in [9.17, 15) is 0 Å². The van der Waals surface area contributed by atoms with Crippen molar-refractivity contribution in [2.24, 2.45) is 5.41 Å². The highest BCUT2D eigenvalue weighted by atomic mass is 32.2. The van der Waals surface area contributed by atoms with Crippen molar-refractivity contribution in [3.63, 3.8) is 0 Å². The van der Waals surface area contributed by atoms with Crippen LogP contribution in [0.1, 0.15) is 33.1 Å². The molecule has 96 valence electrons. The van der Waals surface area contributed by atoms with E-state index in [0.29, 0.717) is 5.41 Å². The molecule has 1 aliphatic rings. The first-order chi connectivity index (χ1) is 7.63. The Morgan fingerprint density at radius 3 is 2.75 bits per heavy atom. The van der Waals surface area contributed by atoms with E-state index in [1.54, 1.807) is 0 Å². The van der Waals surface area contributed by atoms with Crippen LogP contribution in [-0.4, -0.2) is 49.6 Å². The summed E-state index contributed by atoms with van der Waals surface area (Å²) >= 11 is 1.96. The lowest BCUT2D eigenvalue weighted by Gasteiger charge is -2.35. The van der Waals surface area contributed by atoms with Gasteiger partial charge in [-0.15, -0.1) is 0 Å². The van der Waals surface area contributed by atoms with Crippen LogP contribution in [-0.2, 0) is 0 Å². The number of nitrogens with zero attached hydrogens (tertiary/aromatic N) is 1. The van der Waals surface area contributed by atoms with Crippen LogP contribution >= 0.6 is 11.8 Å². The summed E-state index contributed by atoms with van der Waals surface area (Å²) in [6, 6.07) is 0.719. The average molecular weight is 244 g/mol. The Morgan fingerprint density at radius 1 is 1.50 bits per heavy atom. The first-order valence-electron chi connectivity index (χ1n) is 6.53. The quantitative estimate of drug-likeness (QED) is 0.740. The zero-order chi connectivity index (χ0) is 12.0. The van der Waals surface area contributed by atoms with Gasteiger partial charge in [0.15, 0.2) is 0 Å². The van der Waals surface area contributed by atoms with Gasteiger partial charge in [-0.3, -0.25) is 0 Å². The summed E-state index contributed by atoms with van der Waals surface area (Å²) in [6.07, 6.45) is 6.16. The molecule has 0 amide bonds. The standard InChI is InChI=1S/C13H28N2S/c1-5-13(7-8-14-10-13)11-15(3)12(2)6-9-16-4/h12,14H,5-11H2,1-4H3. The fourth-order valence-corrected chi connectivity index (χ4v) is 3.11. The van der Waals surface area contributed by atoms with Crippen molar-refractivity contribution in [2.45, 2.75) is 39.2 Å². The fourth-order valence-electron chi connectivity index (χ4n) is 2.54. The largest absolute Gasteiger partial charge is 0.316 e. The van der Waals surface area contributed by atoms with Crippen molar-refractivity contribution in [1.82, 2.24) is 10.2 Å². The summed E-state index contributed by atoms with van der Waals surface area (Å²) in [7, 11) is 2.29. The topological polar surface area (TPSA) is 15.3 Å². The molecule has 0 bridgehead atoms. The third-order valence-electron chi connectivity index (χ3n) is 4.16. The van der Waals surface area contributed by atoms with Gasteiger partial charge in [0.2, 0.25) is 0 Å². The first-order valence-corrected chi connectivity index (χ1v) is 7.93. The van der Waals surface area contributed by atoms with Gasteiger partial charge >= 0.3 is 0 Å². The minimum atomic E-state index is 0.544. The maximum Gasteiger partial charge on any atom is 0.00719 e. The Labute approximate surface area is 106 Å². The van der Waals surface area contributed by atoms with Crippen molar-refractivity contribution < 1.29 is 0 Å². The maximum atomic E-state index is 3.52. The predicted octanol–water partition coefficient (Wildman–Crippen LogP) is 2.45. The lowest BCUT2D eigenvalue weighted by Crippen LogP contribution is -2.41. The molecule has 0 aromatic carbocycles. The minimum Gasteiger partial charge on any atom is -0.316 e. The smallest absolute Gasteiger partial charge is 0.00719 e. The molecule has 2 nitrogen and oxygen atoms in total.